The first kappa shape index (κ1) is 11.2. The van der Waals surface area contributed by atoms with Crippen LogP contribution < -0.4 is 5.32 Å². The average Bonchev–Trinajstić information content (AvgIpc) is 2.69. The Bertz CT molecular complexity index is 223. The van der Waals surface area contributed by atoms with Gasteiger partial charge in [0, 0.05) is 19.0 Å². The van der Waals surface area contributed by atoms with E-state index in [1.807, 2.05) is 0 Å². The van der Waals surface area contributed by atoms with Crippen molar-refractivity contribution in [3.05, 3.63) is 12.2 Å². The highest BCUT2D eigenvalue weighted by molar-refractivity contribution is 4.79. The molecule has 80 valence electrons. The Hall–Kier alpha value is -0.900. The van der Waals surface area contributed by atoms with Crippen LogP contribution in [0, 0.1) is 0 Å². The molecule has 1 unspecified atom stereocenters. The first-order valence-corrected chi connectivity index (χ1v) is 5.35. The van der Waals surface area contributed by atoms with Crippen molar-refractivity contribution in [2.75, 3.05) is 6.54 Å². The molecule has 4 nitrogen and oxygen atoms in total. The second kappa shape index (κ2) is 6.54. The van der Waals surface area contributed by atoms with E-state index in [2.05, 4.69) is 33.8 Å². The van der Waals surface area contributed by atoms with Crippen molar-refractivity contribution in [3.8, 4) is 0 Å². The van der Waals surface area contributed by atoms with E-state index < -0.39 is 0 Å². The van der Waals surface area contributed by atoms with Gasteiger partial charge in [0.05, 0.1) is 0 Å². The van der Waals surface area contributed by atoms with Crippen molar-refractivity contribution in [2.24, 2.45) is 0 Å². The summed E-state index contributed by atoms with van der Waals surface area (Å²) in [5.74, 6) is 0.781. The first-order valence-electron chi connectivity index (χ1n) is 5.35. The van der Waals surface area contributed by atoms with Crippen molar-refractivity contribution in [3.63, 3.8) is 0 Å². The number of hydrogen-bond acceptors (Lipinski definition) is 4. The van der Waals surface area contributed by atoms with Crippen LogP contribution in [-0.2, 0) is 6.42 Å². The van der Waals surface area contributed by atoms with Crippen LogP contribution in [0.4, 0.5) is 0 Å². The van der Waals surface area contributed by atoms with E-state index >= 15 is 0 Å². The first-order chi connectivity index (χ1) is 6.86. The van der Waals surface area contributed by atoms with Crippen LogP contribution in [0.1, 0.15) is 38.9 Å². The molecule has 0 radical (unpaired) electrons. The molecule has 0 aromatic carbocycles. The van der Waals surface area contributed by atoms with Gasteiger partial charge < -0.3 is 9.84 Å². The third kappa shape index (κ3) is 3.87. The minimum absolute atomic E-state index is 0.631. The van der Waals surface area contributed by atoms with Crippen LogP contribution in [0.25, 0.3) is 0 Å². The normalized spacial score (nSPS) is 13.0. The predicted octanol–water partition coefficient (Wildman–Crippen LogP) is 1.78. The number of aromatic nitrogens is 2. The molecular weight excluding hydrogens is 178 g/mol. The largest absolute Gasteiger partial charge is 0.343 e. The topological polar surface area (TPSA) is 51.0 Å². The van der Waals surface area contributed by atoms with Crippen molar-refractivity contribution in [2.45, 2.75) is 45.6 Å². The minimum atomic E-state index is 0.631. The summed E-state index contributed by atoms with van der Waals surface area (Å²) in [6.45, 7) is 5.35. The standard InChI is InChI=1S/C10H19N3O/c1-3-5-9(4-2)11-7-6-10-12-8-14-13-10/h8-9,11H,3-7H2,1-2H3. The molecule has 1 aromatic rings. The number of rotatable bonds is 7. The summed E-state index contributed by atoms with van der Waals surface area (Å²) < 4.78 is 4.66. The molecule has 0 aliphatic rings. The fraction of sp³-hybridized carbons (Fsp3) is 0.800. The van der Waals surface area contributed by atoms with Crippen molar-refractivity contribution in [1.29, 1.82) is 0 Å². The lowest BCUT2D eigenvalue weighted by molar-refractivity contribution is 0.406. The Morgan fingerprint density at radius 1 is 1.50 bits per heavy atom. The summed E-state index contributed by atoms with van der Waals surface area (Å²) >= 11 is 0. The summed E-state index contributed by atoms with van der Waals surface area (Å²) in [6, 6.07) is 0.631. The molecule has 1 atom stereocenters. The fourth-order valence-corrected chi connectivity index (χ4v) is 1.49. The molecule has 0 saturated heterocycles. The van der Waals surface area contributed by atoms with Crippen LogP contribution in [0.2, 0.25) is 0 Å². The van der Waals surface area contributed by atoms with Crippen molar-refractivity contribution in [1.82, 2.24) is 15.5 Å². The summed E-state index contributed by atoms with van der Waals surface area (Å²) in [4.78, 5) is 3.97. The van der Waals surface area contributed by atoms with Gasteiger partial charge in [-0.2, -0.15) is 4.98 Å². The predicted molar refractivity (Wildman–Crippen MR) is 55.0 cm³/mol. The molecule has 14 heavy (non-hydrogen) atoms. The zero-order valence-electron chi connectivity index (χ0n) is 8.99. The smallest absolute Gasteiger partial charge is 0.213 e. The van der Waals surface area contributed by atoms with Gasteiger partial charge in [0.1, 0.15) is 0 Å². The molecule has 0 saturated carbocycles. The van der Waals surface area contributed by atoms with Crippen LogP contribution in [0.15, 0.2) is 10.9 Å². The summed E-state index contributed by atoms with van der Waals surface area (Å²) in [6.07, 6.45) is 5.87. The van der Waals surface area contributed by atoms with E-state index in [0.717, 1.165) is 18.8 Å². The summed E-state index contributed by atoms with van der Waals surface area (Å²) in [5.41, 5.74) is 0. The molecule has 0 amide bonds. The van der Waals surface area contributed by atoms with Gasteiger partial charge in [0.2, 0.25) is 6.39 Å². The number of hydrogen-bond donors (Lipinski definition) is 1. The van der Waals surface area contributed by atoms with Gasteiger partial charge in [-0.1, -0.05) is 25.4 Å². The molecule has 1 heterocycles. The van der Waals surface area contributed by atoms with E-state index in [-0.39, 0.29) is 0 Å². The van der Waals surface area contributed by atoms with E-state index in [0.29, 0.717) is 6.04 Å². The van der Waals surface area contributed by atoms with Crippen LogP contribution in [-0.4, -0.2) is 22.7 Å². The van der Waals surface area contributed by atoms with E-state index in [1.165, 1.54) is 25.7 Å². The number of nitrogens with one attached hydrogen (secondary N) is 1. The molecule has 0 spiro atoms. The number of nitrogens with zero attached hydrogens (tertiary/aromatic N) is 2. The van der Waals surface area contributed by atoms with Gasteiger partial charge >= 0.3 is 0 Å². The summed E-state index contributed by atoms with van der Waals surface area (Å²) in [7, 11) is 0. The maximum absolute atomic E-state index is 4.66. The lowest BCUT2D eigenvalue weighted by Gasteiger charge is -2.14. The van der Waals surface area contributed by atoms with Gasteiger partial charge in [-0.3, -0.25) is 0 Å². The Morgan fingerprint density at radius 2 is 2.36 bits per heavy atom. The quantitative estimate of drug-likeness (QED) is 0.724. The maximum Gasteiger partial charge on any atom is 0.213 e. The third-order valence-electron chi connectivity index (χ3n) is 2.32. The molecule has 1 N–H and O–H groups in total. The SMILES string of the molecule is CCCC(CC)NCCc1ncon1. The zero-order valence-corrected chi connectivity index (χ0v) is 8.99. The van der Waals surface area contributed by atoms with Gasteiger partial charge in [-0.05, 0) is 12.8 Å². The molecule has 0 bridgehead atoms. The lowest BCUT2D eigenvalue weighted by Crippen LogP contribution is -2.30. The Kier molecular flexibility index (Phi) is 5.22. The van der Waals surface area contributed by atoms with E-state index in [4.69, 9.17) is 0 Å². The van der Waals surface area contributed by atoms with E-state index in [1.54, 1.807) is 0 Å². The highest BCUT2D eigenvalue weighted by Gasteiger charge is 2.04. The fourth-order valence-electron chi connectivity index (χ4n) is 1.49. The molecule has 4 heteroatoms. The molecule has 0 aliphatic heterocycles. The lowest BCUT2D eigenvalue weighted by atomic mass is 10.1. The molecular formula is C10H19N3O. The molecule has 0 fully saturated rings. The van der Waals surface area contributed by atoms with Gasteiger partial charge in [-0.25, -0.2) is 0 Å². The van der Waals surface area contributed by atoms with Crippen LogP contribution >= 0.6 is 0 Å². The molecule has 1 aromatic heterocycles. The van der Waals surface area contributed by atoms with Crippen LogP contribution in [0.3, 0.4) is 0 Å². The summed E-state index contributed by atoms with van der Waals surface area (Å²) in [5, 5.41) is 7.25. The second-order valence-corrected chi connectivity index (χ2v) is 3.45. The molecule has 0 aliphatic carbocycles. The monoisotopic (exact) mass is 197 g/mol. The van der Waals surface area contributed by atoms with Gasteiger partial charge in [-0.15, -0.1) is 0 Å². The highest BCUT2D eigenvalue weighted by Crippen LogP contribution is 2.00. The Morgan fingerprint density at radius 3 is 2.93 bits per heavy atom. The van der Waals surface area contributed by atoms with Gasteiger partial charge in [0.25, 0.3) is 0 Å². The maximum atomic E-state index is 4.66. The Labute approximate surface area is 85.1 Å². The highest BCUT2D eigenvalue weighted by atomic mass is 16.5. The Balaban J connectivity index is 2.13. The molecule has 1 rings (SSSR count). The third-order valence-corrected chi connectivity index (χ3v) is 2.32. The van der Waals surface area contributed by atoms with Crippen LogP contribution in [0.5, 0.6) is 0 Å². The zero-order chi connectivity index (χ0) is 10.2. The van der Waals surface area contributed by atoms with E-state index in [9.17, 15) is 0 Å². The van der Waals surface area contributed by atoms with Gasteiger partial charge in [0.15, 0.2) is 5.82 Å². The second-order valence-electron chi connectivity index (χ2n) is 3.45. The minimum Gasteiger partial charge on any atom is -0.343 e. The van der Waals surface area contributed by atoms with Crippen molar-refractivity contribution >= 4 is 0 Å². The average molecular weight is 197 g/mol. The van der Waals surface area contributed by atoms with Crippen molar-refractivity contribution < 1.29 is 4.52 Å².